The molecule has 0 bridgehead atoms. The van der Waals surface area contributed by atoms with Crippen LogP contribution in [0.2, 0.25) is 0 Å². The van der Waals surface area contributed by atoms with Gasteiger partial charge in [-0.15, -0.1) is 0 Å². The molecule has 0 spiro atoms. The molecule has 1 atom stereocenters. The van der Waals surface area contributed by atoms with Crippen molar-refractivity contribution >= 4 is 124 Å². The number of anilines is 10. The summed E-state index contributed by atoms with van der Waals surface area (Å²) in [5.74, 6) is 5.74. The minimum absolute atomic E-state index is 0.182. The van der Waals surface area contributed by atoms with Crippen LogP contribution in [-0.2, 0) is 14.1 Å². The lowest BCUT2D eigenvalue weighted by molar-refractivity contribution is 0.455. The van der Waals surface area contributed by atoms with Gasteiger partial charge in [-0.05, 0) is 136 Å². The Morgan fingerprint density at radius 3 is 1.29 bits per heavy atom. The van der Waals surface area contributed by atoms with Gasteiger partial charge in [0.2, 0.25) is 0 Å². The van der Waals surface area contributed by atoms with Crippen LogP contribution in [0.3, 0.4) is 0 Å². The quantitative estimate of drug-likeness (QED) is 0.0461. The molecule has 3 saturated heterocycles. The number of hydrogen-bond donors (Lipinski definition) is 9. The van der Waals surface area contributed by atoms with Gasteiger partial charge in [0.25, 0.3) is 0 Å². The summed E-state index contributed by atoms with van der Waals surface area (Å²) in [7, 11) is 3.80. The van der Waals surface area contributed by atoms with Crippen LogP contribution in [0, 0.1) is 20.8 Å². The van der Waals surface area contributed by atoms with E-state index in [9.17, 15) is 0 Å². The molecule has 16 aromatic heterocycles. The van der Waals surface area contributed by atoms with E-state index in [1.807, 2.05) is 147 Å². The van der Waals surface area contributed by atoms with Crippen molar-refractivity contribution in [3.63, 3.8) is 0 Å². The monoisotopic (exact) mass is 1440 g/mol. The topological polar surface area (TPSA) is 384 Å². The van der Waals surface area contributed by atoms with Crippen LogP contribution >= 0.6 is 46.1 Å². The maximum atomic E-state index is 6.12. The molecule has 102 heavy (non-hydrogen) atoms. The number of piperidine rings is 1. The van der Waals surface area contributed by atoms with E-state index >= 15 is 0 Å². The second kappa shape index (κ2) is 28.3. The minimum atomic E-state index is 0.182. The predicted molar refractivity (Wildman–Crippen MR) is 397 cm³/mol. The fourth-order valence-electron chi connectivity index (χ4n) is 12.2. The second-order valence-corrected chi connectivity index (χ2v) is 28.1. The molecule has 518 valence electrons. The van der Waals surface area contributed by atoms with Crippen LogP contribution in [0.25, 0.3) is 67.1 Å². The molecule has 11 N–H and O–H groups in total. The number of H-pyrrole nitrogens is 2. The zero-order chi connectivity index (χ0) is 69.4. The van der Waals surface area contributed by atoms with Gasteiger partial charge in [-0.1, -0.05) is 0 Å². The summed E-state index contributed by atoms with van der Waals surface area (Å²) in [6.07, 6.45) is 28.9. The fraction of sp³-hybridized carbons (Fsp3) is 0.262. The highest BCUT2D eigenvalue weighted by atomic mass is 32.1. The van der Waals surface area contributed by atoms with Crippen molar-refractivity contribution in [2.75, 3.05) is 70.3 Å². The molecule has 3 aliphatic rings. The third-order valence-corrected chi connectivity index (χ3v) is 20.4. The Balaban J connectivity index is 0.000000106. The Morgan fingerprint density at radius 1 is 0.451 bits per heavy atom. The molecular formula is C65H69N33S4. The van der Waals surface area contributed by atoms with Crippen molar-refractivity contribution < 1.29 is 0 Å². The van der Waals surface area contributed by atoms with Gasteiger partial charge in [0, 0.05) is 152 Å². The standard InChI is InChI=1S/C18H21N9S.C17H19N9S.C17H18N8S.C13H11N7S/c1-11-5-17(28-24-11)22-16-6-15(26-4-3-13(19)10-26)23-18-14(8-21-27(16)18)12-7-20-25(2)9-12;1-10-3-16(27-23-10)21-15-4-14(25-8-12(18)9-25)22-17-13(6-20-26(15)17)11-5-19-24(2)7-11;1-4-18-5-2-11(1)14-7-16(26-24-14)23-15-3-6-19-17-13(10-22-25(15)17)12-8-20-21-9-12;1-8-4-12(21-19-8)18-11-2-3-14-13-10(7-17-20(11)13)9-5-15-16-6-9/h5-9,13,22H,3-4,10,19H2,1-2H3;3-7,12,21H,8-9,18H2,1-2H3;3,6-11,18,23H,1-2,4-5H2,(H,20,21);2-7,18H,1H3,(H,15,16)/t13-;;;/m0.../s1. The number of fused-ring (bicyclic) bond motifs is 4. The average Bonchev–Trinajstić information content (AvgIpc) is 1.53. The number of aromatic amines is 2. The summed E-state index contributed by atoms with van der Waals surface area (Å²) < 4.78 is 28.4. The van der Waals surface area contributed by atoms with Crippen molar-refractivity contribution in [3.05, 3.63) is 158 Å². The third-order valence-electron chi connectivity index (χ3n) is 17.3. The van der Waals surface area contributed by atoms with Crippen molar-refractivity contribution in [2.45, 2.75) is 58.0 Å². The van der Waals surface area contributed by atoms with E-state index in [4.69, 9.17) is 21.4 Å². The van der Waals surface area contributed by atoms with E-state index < -0.39 is 0 Å². The number of hydrogen-bond acceptors (Lipinski definition) is 29. The fourth-order valence-corrected chi connectivity index (χ4v) is 15.0. The van der Waals surface area contributed by atoms with Crippen molar-refractivity contribution in [2.24, 2.45) is 25.6 Å². The third kappa shape index (κ3) is 13.8. The van der Waals surface area contributed by atoms with Crippen LogP contribution in [0.5, 0.6) is 0 Å². The van der Waals surface area contributed by atoms with Gasteiger partial charge in [0.05, 0.1) is 72.4 Å². The molecular weight excluding hydrogens is 1370 g/mol. The van der Waals surface area contributed by atoms with Crippen LogP contribution in [0.4, 0.5) is 54.9 Å². The Labute approximate surface area is 597 Å². The lowest BCUT2D eigenvalue weighted by Crippen LogP contribution is -2.56. The number of aromatic nitrogens is 24. The van der Waals surface area contributed by atoms with Gasteiger partial charge < -0.3 is 47.9 Å². The zero-order valence-corrected chi connectivity index (χ0v) is 59.1. The molecule has 19 heterocycles. The molecule has 0 saturated carbocycles. The first kappa shape index (κ1) is 65.2. The SMILES string of the molecule is Cc1cc(Nc2cc(N3CC(N)C3)nc3c(-c4cnn(C)c4)cnn23)sn1.Cc1cc(Nc2cc(N3CC[C@H](N)C3)nc3c(-c4cnn(C)c4)cnn23)sn1.Cc1cc(Nc2ccnc3c(-c4cn[nH]c4)cnn23)sn1.c1cc(Nc2cc(C3CCNCC3)ns2)n2ncc(-c3cn[nH]c3)c2n1. The first-order valence-electron chi connectivity index (χ1n) is 32.8. The largest absolute Gasteiger partial charge is 0.355 e. The number of aryl methyl sites for hydroxylation is 5. The van der Waals surface area contributed by atoms with E-state index in [-0.39, 0.29) is 12.1 Å². The molecule has 0 amide bonds. The van der Waals surface area contributed by atoms with E-state index in [2.05, 4.69) is 121 Å². The molecule has 33 nitrogen and oxygen atoms in total. The normalized spacial score (nSPS) is 14.8. The molecule has 37 heteroatoms. The van der Waals surface area contributed by atoms with Gasteiger partial charge >= 0.3 is 0 Å². The van der Waals surface area contributed by atoms with Crippen LogP contribution < -0.4 is 47.9 Å². The molecule has 0 aromatic carbocycles. The Kier molecular flexibility index (Phi) is 18.1. The summed E-state index contributed by atoms with van der Waals surface area (Å²) in [5.41, 5.74) is 27.0. The first-order valence-corrected chi connectivity index (χ1v) is 35.9. The van der Waals surface area contributed by atoms with Crippen LogP contribution in [0.15, 0.2) is 135 Å². The highest BCUT2D eigenvalue weighted by molar-refractivity contribution is 7.11. The lowest BCUT2D eigenvalue weighted by Gasteiger charge is -2.38. The Morgan fingerprint density at radius 2 is 0.882 bits per heavy atom. The van der Waals surface area contributed by atoms with Gasteiger partial charge in [-0.2, -0.15) is 76.3 Å². The summed E-state index contributed by atoms with van der Waals surface area (Å²) in [6, 6.07) is 16.4. The highest BCUT2D eigenvalue weighted by Gasteiger charge is 2.28. The molecule has 3 aliphatic heterocycles. The van der Waals surface area contributed by atoms with Gasteiger partial charge in [0.1, 0.15) is 54.9 Å². The lowest BCUT2D eigenvalue weighted by atomic mass is 9.95. The Hall–Kier alpha value is -11.5. The second-order valence-electron chi connectivity index (χ2n) is 24.9. The molecule has 3 fully saturated rings. The van der Waals surface area contributed by atoms with Gasteiger partial charge in [0.15, 0.2) is 22.6 Å². The zero-order valence-electron chi connectivity index (χ0n) is 55.8. The van der Waals surface area contributed by atoms with Gasteiger partial charge in [-0.3, -0.25) is 19.6 Å². The molecule has 0 unspecified atom stereocenters. The number of nitrogens with zero attached hydrogens (tertiary/aromatic N) is 24. The molecule has 0 aliphatic carbocycles. The van der Waals surface area contributed by atoms with Crippen LogP contribution in [-0.4, -0.2) is 167 Å². The summed E-state index contributed by atoms with van der Waals surface area (Å²) >= 11 is 5.77. The maximum Gasteiger partial charge on any atom is 0.167 e. The smallest absolute Gasteiger partial charge is 0.167 e. The predicted octanol–water partition coefficient (Wildman–Crippen LogP) is 9.38. The summed E-state index contributed by atoms with van der Waals surface area (Å²) in [6.45, 7) is 11.4. The average molecular weight is 1440 g/mol. The summed E-state index contributed by atoms with van der Waals surface area (Å²) in [5, 5.41) is 61.2. The molecule has 0 radical (unpaired) electrons. The van der Waals surface area contributed by atoms with E-state index in [1.165, 1.54) is 51.8 Å². The first-order chi connectivity index (χ1) is 49.8. The minimum Gasteiger partial charge on any atom is -0.355 e. The van der Waals surface area contributed by atoms with E-state index in [0.29, 0.717) is 5.92 Å². The van der Waals surface area contributed by atoms with Crippen LogP contribution in [0.1, 0.15) is 48.0 Å². The highest BCUT2D eigenvalue weighted by Crippen LogP contribution is 2.36. The number of nitrogens with two attached hydrogens (primary N) is 2. The number of rotatable bonds is 15. The number of nitrogens with one attached hydrogen (secondary N) is 7. The summed E-state index contributed by atoms with van der Waals surface area (Å²) in [4.78, 5) is 23.1. The van der Waals surface area contributed by atoms with Gasteiger partial charge in [-0.25, -0.2) is 19.9 Å². The molecule has 16 aromatic rings. The van der Waals surface area contributed by atoms with Crippen molar-refractivity contribution in [1.29, 1.82) is 0 Å². The van der Waals surface area contributed by atoms with Crippen molar-refractivity contribution in [1.82, 2.24) is 121 Å². The maximum absolute atomic E-state index is 6.12. The molecule has 19 rings (SSSR count). The Bertz CT molecular complexity index is 5510. The van der Waals surface area contributed by atoms with E-state index in [0.717, 1.165) is 198 Å². The van der Waals surface area contributed by atoms with Crippen molar-refractivity contribution in [3.8, 4) is 44.5 Å². The van der Waals surface area contributed by atoms with E-state index in [1.54, 1.807) is 44.9 Å².